The average Bonchev–Trinajstić information content (AvgIpc) is 2.24. The summed E-state index contributed by atoms with van der Waals surface area (Å²) in [6.45, 7) is 0.434. The number of urea groups is 1. The first-order valence-electron chi connectivity index (χ1n) is 5.17. The summed E-state index contributed by atoms with van der Waals surface area (Å²) in [6, 6.07) is 1.51. The van der Waals surface area contributed by atoms with Gasteiger partial charge in [0.25, 0.3) is 0 Å². The van der Waals surface area contributed by atoms with E-state index in [1.807, 2.05) is 0 Å². The Kier molecular flexibility index (Phi) is 4.38. The Labute approximate surface area is 107 Å². The number of halogens is 2. The van der Waals surface area contributed by atoms with Crippen molar-refractivity contribution in [2.24, 2.45) is 0 Å². The Morgan fingerprint density at radius 2 is 1.79 bits per heavy atom. The zero-order valence-electron chi connectivity index (χ0n) is 9.91. The van der Waals surface area contributed by atoms with Crippen LogP contribution < -0.4 is 10.6 Å². The van der Waals surface area contributed by atoms with Gasteiger partial charge in [0.1, 0.15) is 11.6 Å². The maximum Gasteiger partial charge on any atom is 0.337 e. The Balaban J connectivity index is 2.59. The van der Waals surface area contributed by atoms with E-state index in [1.165, 1.54) is 0 Å². The van der Waals surface area contributed by atoms with Crippen LogP contribution in [-0.4, -0.2) is 34.4 Å². The number of rotatable bonds is 4. The van der Waals surface area contributed by atoms with Gasteiger partial charge in [-0.2, -0.15) is 0 Å². The minimum atomic E-state index is -2.13. The van der Waals surface area contributed by atoms with E-state index in [-0.39, 0.29) is 5.69 Å². The van der Waals surface area contributed by atoms with Crippen molar-refractivity contribution in [2.45, 2.75) is 12.5 Å². The minimum absolute atomic E-state index is 0.134. The summed E-state index contributed by atoms with van der Waals surface area (Å²) in [6.07, 6.45) is 0. The minimum Gasteiger partial charge on any atom is -0.479 e. The van der Waals surface area contributed by atoms with Crippen LogP contribution in [0.25, 0.3) is 0 Å². The maximum absolute atomic E-state index is 12.8. The number of carbonyl (C=O) groups is 2. The van der Waals surface area contributed by atoms with Crippen LogP contribution in [0.4, 0.5) is 19.3 Å². The van der Waals surface area contributed by atoms with Gasteiger partial charge in [0.15, 0.2) is 5.60 Å². The Hall–Kier alpha value is -2.22. The van der Waals surface area contributed by atoms with E-state index < -0.39 is 35.8 Å². The largest absolute Gasteiger partial charge is 0.479 e. The van der Waals surface area contributed by atoms with Crippen molar-refractivity contribution in [3.63, 3.8) is 0 Å². The van der Waals surface area contributed by atoms with Crippen LogP contribution in [-0.2, 0) is 4.79 Å². The van der Waals surface area contributed by atoms with Gasteiger partial charge in [-0.05, 0) is 19.1 Å². The van der Waals surface area contributed by atoms with Crippen LogP contribution in [0.3, 0.4) is 0 Å². The Morgan fingerprint density at radius 3 is 2.26 bits per heavy atom. The molecular formula is C11H12F2N2O4. The molecule has 1 aromatic carbocycles. The van der Waals surface area contributed by atoms with Gasteiger partial charge in [0.2, 0.25) is 0 Å². The van der Waals surface area contributed by atoms with Gasteiger partial charge in [0, 0.05) is 11.8 Å². The highest BCUT2D eigenvalue weighted by Gasteiger charge is 2.30. The molecule has 0 aromatic heterocycles. The van der Waals surface area contributed by atoms with Crippen LogP contribution in [0.1, 0.15) is 6.92 Å². The van der Waals surface area contributed by atoms with Crippen LogP contribution in [0.5, 0.6) is 0 Å². The SMILES string of the molecule is CC(O)(CNC(=O)Nc1cc(F)cc(F)c1)C(=O)O. The van der Waals surface area contributed by atoms with Crippen molar-refractivity contribution in [3.05, 3.63) is 29.8 Å². The second kappa shape index (κ2) is 5.61. The molecule has 0 spiro atoms. The van der Waals surface area contributed by atoms with Crippen molar-refractivity contribution in [1.29, 1.82) is 0 Å². The molecule has 0 saturated heterocycles. The molecule has 0 aliphatic carbocycles. The van der Waals surface area contributed by atoms with E-state index in [2.05, 4.69) is 10.6 Å². The van der Waals surface area contributed by atoms with Gasteiger partial charge < -0.3 is 20.8 Å². The number of carboxylic acid groups (broad SMARTS) is 1. The molecule has 2 amide bonds. The van der Waals surface area contributed by atoms with E-state index in [9.17, 15) is 23.5 Å². The number of carbonyl (C=O) groups excluding carboxylic acids is 1. The number of anilines is 1. The predicted octanol–water partition coefficient (Wildman–Crippen LogP) is 0.922. The quantitative estimate of drug-likeness (QED) is 0.656. The monoisotopic (exact) mass is 274 g/mol. The van der Waals surface area contributed by atoms with E-state index >= 15 is 0 Å². The number of hydrogen-bond acceptors (Lipinski definition) is 3. The third kappa shape index (κ3) is 4.51. The average molecular weight is 274 g/mol. The molecule has 1 aromatic rings. The maximum atomic E-state index is 12.8. The first-order valence-corrected chi connectivity index (χ1v) is 5.17. The van der Waals surface area contributed by atoms with Gasteiger partial charge in [-0.25, -0.2) is 18.4 Å². The van der Waals surface area contributed by atoms with Crippen LogP contribution >= 0.6 is 0 Å². The van der Waals surface area contributed by atoms with Crippen molar-refractivity contribution >= 4 is 17.7 Å². The van der Waals surface area contributed by atoms with E-state index in [0.717, 1.165) is 19.1 Å². The van der Waals surface area contributed by atoms with Gasteiger partial charge in [0.05, 0.1) is 6.54 Å². The normalized spacial score (nSPS) is 13.5. The zero-order valence-corrected chi connectivity index (χ0v) is 9.91. The predicted molar refractivity (Wildman–Crippen MR) is 61.6 cm³/mol. The van der Waals surface area contributed by atoms with Gasteiger partial charge in [-0.3, -0.25) is 0 Å². The van der Waals surface area contributed by atoms with Crippen molar-refractivity contribution < 1.29 is 28.6 Å². The summed E-state index contributed by atoms with van der Waals surface area (Å²) in [4.78, 5) is 21.9. The lowest BCUT2D eigenvalue weighted by Crippen LogP contribution is -2.47. The fourth-order valence-corrected chi connectivity index (χ4v) is 1.13. The highest BCUT2D eigenvalue weighted by Crippen LogP contribution is 2.12. The first-order chi connectivity index (χ1) is 8.70. The second-order valence-corrected chi connectivity index (χ2v) is 4.04. The highest BCUT2D eigenvalue weighted by atomic mass is 19.1. The van der Waals surface area contributed by atoms with Gasteiger partial charge in [-0.15, -0.1) is 0 Å². The second-order valence-electron chi connectivity index (χ2n) is 4.04. The smallest absolute Gasteiger partial charge is 0.337 e. The molecule has 0 heterocycles. The van der Waals surface area contributed by atoms with Crippen LogP contribution in [0, 0.1) is 11.6 Å². The molecule has 19 heavy (non-hydrogen) atoms. The third-order valence-electron chi connectivity index (χ3n) is 2.17. The molecule has 4 N–H and O–H groups in total. The van der Waals surface area contributed by atoms with Crippen molar-refractivity contribution in [1.82, 2.24) is 5.32 Å². The Morgan fingerprint density at radius 1 is 1.26 bits per heavy atom. The van der Waals surface area contributed by atoms with E-state index in [4.69, 9.17) is 5.11 Å². The van der Waals surface area contributed by atoms with Crippen molar-refractivity contribution in [2.75, 3.05) is 11.9 Å². The third-order valence-corrected chi connectivity index (χ3v) is 2.17. The number of aliphatic hydroxyl groups is 1. The molecule has 6 nitrogen and oxygen atoms in total. The molecule has 8 heteroatoms. The summed E-state index contributed by atoms with van der Waals surface area (Å²) in [5.41, 5.74) is -2.27. The lowest BCUT2D eigenvalue weighted by atomic mass is 10.1. The Bertz CT molecular complexity index is 485. The molecule has 0 aliphatic heterocycles. The molecule has 0 fully saturated rings. The number of amides is 2. The molecule has 0 radical (unpaired) electrons. The molecule has 104 valence electrons. The zero-order chi connectivity index (χ0) is 14.6. The summed E-state index contributed by atoms with van der Waals surface area (Å²) in [5, 5.41) is 22.1. The number of hydrogen-bond donors (Lipinski definition) is 4. The lowest BCUT2D eigenvalue weighted by Gasteiger charge is -2.18. The topological polar surface area (TPSA) is 98.7 Å². The molecule has 0 bridgehead atoms. The summed E-state index contributed by atoms with van der Waals surface area (Å²) < 4.78 is 25.7. The summed E-state index contributed by atoms with van der Waals surface area (Å²) >= 11 is 0. The van der Waals surface area contributed by atoms with E-state index in [1.54, 1.807) is 0 Å². The van der Waals surface area contributed by atoms with Crippen LogP contribution in [0.15, 0.2) is 18.2 Å². The van der Waals surface area contributed by atoms with Gasteiger partial charge in [-0.1, -0.05) is 0 Å². The standard InChI is InChI=1S/C11H12F2N2O4/c1-11(19,9(16)17)5-14-10(18)15-8-3-6(12)2-7(13)4-8/h2-4,19H,5H2,1H3,(H,16,17)(H2,14,15,18). The number of benzene rings is 1. The molecule has 1 atom stereocenters. The number of nitrogens with one attached hydrogen (secondary N) is 2. The van der Waals surface area contributed by atoms with E-state index in [0.29, 0.717) is 6.07 Å². The highest BCUT2D eigenvalue weighted by molar-refractivity contribution is 5.89. The summed E-state index contributed by atoms with van der Waals surface area (Å²) in [5.74, 6) is -3.25. The molecule has 0 aliphatic rings. The molecule has 0 saturated carbocycles. The van der Waals surface area contributed by atoms with Gasteiger partial charge >= 0.3 is 12.0 Å². The number of carboxylic acids is 1. The summed E-state index contributed by atoms with van der Waals surface area (Å²) in [7, 11) is 0. The first kappa shape index (κ1) is 14.8. The molecular weight excluding hydrogens is 262 g/mol. The van der Waals surface area contributed by atoms with Crippen LogP contribution in [0.2, 0.25) is 0 Å². The van der Waals surface area contributed by atoms with Crippen molar-refractivity contribution in [3.8, 4) is 0 Å². The fourth-order valence-electron chi connectivity index (χ4n) is 1.13. The lowest BCUT2D eigenvalue weighted by molar-refractivity contribution is -0.155. The molecule has 1 rings (SSSR count). The number of aliphatic carboxylic acids is 1. The molecule has 1 unspecified atom stereocenters. The fraction of sp³-hybridized carbons (Fsp3) is 0.273.